The number of aliphatic hydroxyl groups is 1. The van der Waals surface area contributed by atoms with Crippen molar-refractivity contribution in [2.45, 2.75) is 11.5 Å². The molecule has 0 atom stereocenters. The van der Waals surface area contributed by atoms with E-state index in [4.69, 9.17) is 11.5 Å². The topological polar surface area (TPSA) is 57.6 Å². The van der Waals surface area contributed by atoms with Crippen LogP contribution >= 0.6 is 11.3 Å². The fourth-order valence-electron chi connectivity index (χ4n) is 0.972. The highest BCUT2D eigenvalue weighted by Gasteiger charge is 2.21. The van der Waals surface area contributed by atoms with Gasteiger partial charge in [0.05, 0.1) is 18.0 Å². The van der Waals surface area contributed by atoms with Crippen molar-refractivity contribution < 1.29 is 13.5 Å². The smallest absolute Gasteiger partial charge is 0.244 e. The Hall–Kier alpha value is -0.870. The highest BCUT2D eigenvalue weighted by molar-refractivity contribution is 7.89. The minimum absolute atomic E-state index is 0.0344. The van der Waals surface area contributed by atoms with Crippen molar-refractivity contribution >= 4 is 21.4 Å². The first kappa shape index (κ1) is 12.2. The SMILES string of the molecule is C#CCN(C)S(=O)(=O)c1csc(CO)c1. The van der Waals surface area contributed by atoms with Gasteiger partial charge in [-0.1, -0.05) is 5.92 Å². The average Bonchev–Trinajstić information content (AvgIpc) is 2.66. The average molecular weight is 245 g/mol. The van der Waals surface area contributed by atoms with Gasteiger partial charge in [-0.25, -0.2) is 8.42 Å². The Bertz CT molecular complexity index is 470. The van der Waals surface area contributed by atoms with Crippen LogP contribution in [0, 0.1) is 12.3 Å². The maximum Gasteiger partial charge on any atom is 0.244 e. The van der Waals surface area contributed by atoms with Gasteiger partial charge < -0.3 is 5.11 Å². The third-order valence-electron chi connectivity index (χ3n) is 1.81. The molecule has 0 aliphatic carbocycles. The van der Waals surface area contributed by atoms with Gasteiger partial charge in [0, 0.05) is 17.3 Å². The molecule has 0 aromatic carbocycles. The fraction of sp³-hybridized carbons (Fsp3) is 0.333. The molecule has 0 unspecified atom stereocenters. The summed E-state index contributed by atoms with van der Waals surface area (Å²) in [6.45, 7) is -0.119. The second kappa shape index (κ2) is 4.77. The maximum absolute atomic E-state index is 11.8. The Morgan fingerprint density at radius 3 is 2.80 bits per heavy atom. The molecule has 6 heteroatoms. The summed E-state index contributed by atoms with van der Waals surface area (Å²) >= 11 is 1.20. The van der Waals surface area contributed by atoms with Gasteiger partial charge in [0.15, 0.2) is 0 Å². The molecule has 0 saturated heterocycles. The van der Waals surface area contributed by atoms with Crippen LogP contribution in [-0.2, 0) is 16.6 Å². The van der Waals surface area contributed by atoms with Crippen LogP contribution in [-0.4, -0.2) is 31.4 Å². The first-order chi connectivity index (χ1) is 7.02. The first-order valence-corrected chi connectivity index (χ1v) is 6.42. The Labute approximate surface area is 93.2 Å². The monoisotopic (exact) mass is 245 g/mol. The molecule has 82 valence electrons. The van der Waals surface area contributed by atoms with Crippen molar-refractivity contribution in [3.8, 4) is 12.3 Å². The number of nitrogens with zero attached hydrogens (tertiary/aromatic N) is 1. The zero-order valence-electron chi connectivity index (χ0n) is 8.17. The molecule has 4 nitrogen and oxygen atoms in total. The largest absolute Gasteiger partial charge is 0.391 e. The molecular weight excluding hydrogens is 234 g/mol. The van der Waals surface area contributed by atoms with E-state index in [0.29, 0.717) is 4.88 Å². The van der Waals surface area contributed by atoms with Gasteiger partial charge in [-0.3, -0.25) is 0 Å². The molecule has 0 spiro atoms. The molecule has 1 rings (SSSR count). The molecule has 1 heterocycles. The molecule has 0 aliphatic heterocycles. The van der Waals surface area contributed by atoms with Crippen molar-refractivity contribution in [1.82, 2.24) is 4.31 Å². The summed E-state index contributed by atoms with van der Waals surface area (Å²) < 4.78 is 24.7. The lowest BCUT2D eigenvalue weighted by Gasteiger charge is -2.12. The predicted octanol–water partition coefficient (Wildman–Crippen LogP) is 0.494. The summed E-state index contributed by atoms with van der Waals surface area (Å²) in [4.78, 5) is 0.789. The minimum Gasteiger partial charge on any atom is -0.391 e. The van der Waals surface area contributed by atoms with E-state index < -0.39 is 10.0 Å². The van der Waals surface area contributed by atoms with E-state index in [0.717, 1.165) is 4.31 Å². The van der Waals surface area contributed by atoms with Crippen molar-refractivity contribution in [2.24, 2.45) is 0 Å². The zero-order chi connectivity index (χ0) is 11.5. The second-order valence-corrected chi connectivity index (χ2v) is 5.91. The van der Waals surface area contributed by atoms with Crippen LogP contribution in [0.25, 0.3) is 0 Å². The number of sulfonamides is 1. The van der Waals surface area contributed by atoms with Crippen LogP contribution in [0.2, 0.25) is 0 Å². The van der Waals surface area contributed by atoms with Crippen LogP contribution < -0.4 is 0 Å². The van der Waals surface area contributed by atoms with E-state index >= 15 is 0 Å². The predicted molar refractivity (Wildman–Crippen MR) is 58.9 cm³/mol. The Kier molecular flexibility index (Phi) is 3.88. The second-order valence-electron chi connectivity index (χ2n) is 2.87. The number of rotatable bonds is 4. The molecule has 1 aromatic rings. The number of aliphatic hydroxyl groups excluding tert-OH is 1. The van der Waals surface area contributed by atoms with E-state index in [1.807, 2.05) is 0 Å². The van der Waals surface area contributed by atoms with Crippen LogP contribution in [0.5, 0.6) is 0 Å². The van der Waals surface area contributed by atoms with Crippen LogP contribution in [0.15, 0.2) is 16.3 Å². The van der Waals surface area contributed by atoms with Gasteiger partial charge in [-0.2, -0.15) is 4.31 Å². The molecule has 0 amide bonds. The summed E-state index contributed by atoms with van der Waals surface area (Å²) in [5.74, 6) is 2.26. The zero-order valence-corrected chi connectivity index (χ0v) is 9.81. The highest BCUT2D eigenvalue weighted by atomic mass is 32.2. The van der Waals surface area contributed by atoms with Gasteiger partial charge in [0.1, 0.15) is 0 Å². The lowest BCUT2D eigenvalue weighted by Crippen LogP contribution is -2.26. The lowest BCUT2D eigenvalue weighted by molar-refractivity contribution is 0.285. The Morgan fingerprint density at radius 1 is 1.67 bits per heavy atom. The van der Waals surface area contributed by atoms with Gasteiger partial charge in [0.25, 0.3) is 0 Å². The van der Waals surface area contributed by atoms with E-state index in [9.17, 15) is 8.42 Å². The number of thiophene rings is 1. The quantitative estimate of drug-likeness (QED) is 0.786. The summed E-state index contributed by atoms with van der Waals surface area (Å²) in [6.07, 6.45) is 5.04. The standard InChI is InChI=1S/C9H11NO3S2/c1-3-4-10(2)15(12,13)9-5-8(6-11)14-7-9/h1,5,7,11H,4,6H2,2H3. The van der Waals surface area contributed by atoms with Crippen LogP contribution in [0.3, 0.4) is 0 Å². The summed E-state index contributed by atoms with van der Waals surface area (Å²) in [6, 6.07) is 1.45. The maximum atomic E-state index is 11.8. The molecule has 0 aliphatic rings. The molecule has 0 fully saturated rings. The summed E-state index contributed by atoms with van der Waals surface area (Å²) in [5, 5.41) is 10.3. The first-order valence-electron chi connectivity index (χ1n) is 4.10. The van der Waals surface area contributed by atoms with Crippen molar-refractivity contribution in [2.75, 3.05) is 13.6 Å². The molecule has 1 N–H and O–H groups in total. The van der Waals surface area contributed by atoms with E-state index in [1.54, 1.807) is 0 Å². The molecule has 0 saturated carbocycles. The molecular formula is C9H11NO3S2. The normalized spacial score (nSPS) is 11.6. The van der Waals surface area contributed by atoms with Gasteiger partial charge in [-0.15, -0.1) is 17.8 Å². The van der Waals surface area contributed by atoms with Crippen LogP contribution in [0.4, 0.5) is 0 Å². The van der Waals surface area contributed by atoms with Crippen molar-refractivity contribution in [3.05, 3.63) is 16.3 Å². The van der Waals surface area contributed by atoms with Crippen molar-refractivity contribution in [1.29, 1.82) is 0 Å². The van der Waals surface area contributed by atoms with Gasteiger partial charge in [-0.05, 0) is 6.07 Å². The third-order valence-corrected chi connectivity index (χ3v) is 4.66. The van der Waals surface area contributed by atoms with Crippen molar-refractivity contribution in [3.63, 3.8) is 0 Å². The van der Waals surface area contributed by atoms with E-state index in [1.165, 1.54) is 29.8 Å². The number of hydrogen-bond acceptors (Lipinski definition) is 4. The lowest BCUT2D eigenvalue weighted by atomic mass is 10.5. The van der Waals surface area contributed by atoms with E-state index in [2.05, 4.69) is 5.92 Å². The number of hydrogen-bond donors (Lipinski definition) is 1. The highest BCUT2D eigenvalue weighted by Crippen LogP contribution is 2.21. The number of terminal acetylenes is 1. The minimum atomic E-state index is -3.50. The molecule has 0 bridgehead atoms. The third kappa shape index (κ3) is 2.58. The summed E-state index contributed by atoms with van der Waals surface area (Å²) in [7, 11) is -2.08. The molecule has 0 radical (unpaired) electrons. The summed E-state index contributed by atoms with van der Waals surface area (Å²) in [5.41, 5.74) is 0. The molecule has 1 aromatic heterocycles. The fourth-order valence-corrected chi connectivity index (χ4v) is 3.18. The van der Waals surface area contributed by atoms with E-state index in [-0.39, 0.29) is 18.0 Å². The Morgan fingerprint density at radius 2 is 2.33 bits per heavy atom. The Balaban J connectivity index is 3.01. The van der Waals surface area contributed by atoms with Crippen LogP contribution in [0.1, 0.15) is 4.88 Å². The van der Waals surface area contributed by atoms with Gasteiger partial charge in [0.2, 0.25) is 10.0 Å². The molecule has 15 heavy (non-hydrogen) atoms. The van der Waals surface area contributed by atoms with Gasteiger partial charge >= 0.3 is 0 Å².